The van der Waals surface area contributed by atoms with Crippen LogP contribution in [0.5, 0.6) is 0 Å². The summed E-state index contributed by atoms with van der Waals surface area (Å²) in [7, 11) is 0. The number of rotatable bonds is 2. The van der Waals surface area contributed by atoms with E-state index >= 15 is 0 Å². The van der Waals surface area contributed by atoms with Crippen LogP contribution in [-0.4, -0.2) is 56.3 Å². The minimum Gasteiger partial charge on any atom is -0.374 e. The highest BCUT2D eigenvalue weighted by Gasteiger charge is 2.37. The Balaban J connectivity index is 1.73. The lowest BCUT2D eigenvalue weighted by Crippen LogP contribution is -2.55. The van der Waals surface area contributed by atoms with Gasteiger partial charge in [0.2, 0.25) is 5.91 Å². The van der Waals surface area contributed by atoms with Crippen molar-refractivity contribution in [3.8, 4) is 0 Å². The van der Waals surface area contributed by atoms with Crippen LogP contribution in [0.1, 0.15) is 52.3 Å². The molecule has 0 spiro atoms. The quantitative estimate of drug-likeness (QED) is 0.819. The molecule has 1 aliphatic heterocycles. The normalized spacial score (nSPS) is 25.9. The summed E-state index contributed by atoms with van der Waals surface area (Å²) in [4.78, 5) is 14.7. The van der Waals surface area contributed by atoms with Gasteiger partial charge in [-0.05, 0) is 23.3 Å². The molecule has 2 unspecified atom stereocenters. The highest BCUT2D eigenvalue weighted by molar-refractivity contribution is 5.76. The zero-order valence-electron chi connectivity index (χ0n) is 13.7. The molecule has 2 aliphatic rings. The molecule has 0 aromatic carbocycles. The van der Waals surface area contributed by atoms with Crippen molar-refractivity contribution in [2.45, 2.75) is 70.6 Å². The van der Waals surface area contributed by atoms with E-state index in [-0.39, 0.29) is 30.0 Å². The van der Waals surface area contributed by atoms with Crippen LogP contribution in [0.15, 0.2) is 0 Å². The predicted molar refractivity (Wildman–Crippen MR) is 80.2 cm³/mol. The molecule has 1 aliphatic carbocycles. The van der Waals surface area contributed by atoms with E-state index in [4.69, 9.17) is 4.74 Å². The molecule has 1 aromatic rings. The van der Waals surface area contributed by atoms with Crippen LogP contribution in [0.3, 0.4) is 0 Å². The van der Waals surface area contributed by atoms with Crippen molar-refractivity contribution in [1.29, 1.82) is 0 Å². The van der Waals surface area contributed by atoms with Crippen molar-refractivity contribution in [2.24, 2.45) is 0 Å². The van der Waals surface area contributed by atoms with Gasteiger partial charge in [-0.1, -0.05) is 33.6 Å². The van der Waals surface area contributed by atoms with Gasteiger partial charge in [-0.3, -0.25) is 4.79 Å². The summed E-state index contributed by atoms with van der Waals surface area (Å²) >= 11 is 0. The highest BCUT2D eigenvalue weighted by atomic mass is 16.5. The predicted octanol–water partition coefficient (Wildman–Crippen LogP) is 1.14. The summed E-state index contributed by atoms with van der Waals surface area (Å²) in [6.07, 6.45) is 4.68. The molecule has 3 rings (SSSR count). The lowest BCUT2D eigenvalue weighted by atomic mass is 9.90. The molecule has 1 aromatic heterocycles. The molecule has 122 valence electrons. The minimum atomic E-state index is -0.178. The van der Waals surface area contributed by atoms with Crippen LogP contribution in [0.25, 0.3) is 0 Å². The zero-order valence-corrected chi connectivity index (χ0v) is 13.7. The van der Waals surface area contributed by atoms with E-state index in [0.29, 0.717) is 13.2 Å². The van der Waals surface area contributed by atoms with Crippen LogP contribution in [0.4, 0.5) is 0 Å². The Morgan fingerprint density at radius 3 is 2.86 bits per heavy atom. The van der Waals surface area contributed by atoms with Gasteiger partial charge in [-0.25, -0.2) is 4.68 Å². The molecule has 0 radical (unpaired) electrons. The fourth-order valence-electron chi connectivity index (χ4n) is 3.47. The molecule has 7 nitrogen and oxygen atoms in total. The fraction of sp³-hybridized carbons (Fsp3) is 0.867. The molecule has 22 heavy (non-hydrogen) atoms. The third-order valence-electron chi connectivity index (χ3n) is 4.54. The molecular formula is C15H25N5O2. The van der Waals surface area contributed by atoms with Crippen molar-refractivity contribution in [2.75, 3.05) is 13.2 Å². The van der Waals surface area contributed by atoms with Gasteiger partial charge in [-0.2, -0.15) is 0 Å². The van der Waals surface area contributed by atoms with Crippen molar-refractivity contribution in [3.05, 3.63) is 5.82 Å². The Kier molecular flexibility index (Phi) is 4.16. The lowest BCUT2D eigenvalue weighted by molar-refractivity contribution is -0.150. The van der Waals surface area contributed by atoms with E-state index in [1.807, 2.05) is 25.7 Å². The maximum atomic E-state index is 12.8. The number of morpholine rings is 1. The molecule has 0 bridgehead atoms. The number of aromatic nitrogens is 4. The van der Waals surface area contributed by atoms with E-state index in [9.17, 15) is 4.79 Å². The average Bonchev–Trinajstić information content (AvgIpc) is 2.95. The lowest BCUT2D eigenvalue weighted by Gasteiger charge is -2.43. The van der Waals surface area contributed by atoms with Gasteiger partial charge >= 0.3 is 0 Å². The van der Waals surface area contributed by atoms with Gasteiger partial charge < -0.3 is 9.64 Å². The first-order valence-corrected chi connectivity index (χ1v) is 8.14. The van der Waals surface area contributed by atoms with E-state index in [0.717, 1.165) is 18.7 Å². The SMILES string of the molecule is CC(C)(C)c1nnnn1CC(=O)N1CCOC2CCCCC21. The summed E-state index contributed by atoms with van der Waals surface area (Å²) in [5.41, 5.74) is -0.178. The summed E-state index contributed by atoms with van der Waals surface area (Å²) in [6, 6.07) is 0.226. The third kappa shape index (κ3) is 2.99. The fourth-order valence-corrected chi connectivity index (χ4v) is 3.47. The Bertz CT molecular complexity index is 534. The van der Waals surface area contributed by atoms with E-state index in [1.165, 1.54) is 12.8 Å². The van der Waals surface area contributed by atoms with Crippen molar-refractivity contribution in [1.82, 2.24) is 25.1 Å². The number of hydrogen-bond acceptors (Lipinski definition) is 5. The van der Waals surface area contributed by atoms with Gasteiger partial charge in [0.05, 0.1) is 18.8 Å². The number of ether oxygens (including phenoxy) is 1. The van der Waals surface area contributed by atoms with Gasteiger partial charge in [0.15, 0.2) is 5.82 Å². The first kappa shape index (κ1) is 15.4. The molecule has 2 fully saturated rings. The van der Waals surface area contributed by atoms with Crippen molar-refractivity contribution in [3.63, 3.8) is 0 Å². The number of carbonyl (C=O) groups is 1. The number of fused-ring (bicyclic) bond motifs is 1. The van der Waals surface area contributed by atoms with Crippen LogP contribution < -0.4 is 0 Å². The number of nitrogens with zero attached hydrogens (tertiary/aromatic N) is 5. The van der Waals surface area contributed by atoms with E-state index in [2.05, 4.69) is 15.5 Å². The van der Waals surface area contributed by atoms with Gasteiger partial charge in [-0.15, -0.1) is 5.10 Å². The minimum absolute atomic E-state index is 0.0954. The second-order valence-electron chi connectivity index (χ2n) is 7.26. The topological polar surface area (TPSA) is 73.1 Å². The second kappa shape index (κ2) is 5.95. The first-order chi connectivity index (χ1) is 10.5. The monoisotopic (exact) mass is 307 g/mol. The summed E-state index contributed by atoms with van der Waals surface area (Å²) in [5, 5.41) is 11.8. The van der Waals surface area contributed by atoms with Gasteiger partial charge in [0.1, 0.15) is 6.54 Å². The number of amides is 1. The second-order valence-corrected chi connectivity index (χ2v) is 7.26. The van der Waals surface area contributed by atoms with Crippen molar-refractivity contribution < 1.29 is 9.53 Å². The maximum absolute atomic E-state index is 12.8. The van der Waals surface area contributed by atoms with Crippen LogP contribution in [-0.2, 0) is 21.5 Å². The maximum Gasteiger partial charge on any atom is 0.244 e. The first-order valence-electron chi connectivity index (χ1n) is 8.14. The Morgan fingerprint density at radius 2 is 2.09 bits per heavy atom. The smallest absolute Gasteiger partial charge is 0.244 e. The Labute approximate surface area is 131 Å². The summed E-state index contributed by atoms with van der Waals surface area (Å²) in [6.45, 7) is 7.66. The number of hydrogen-bond donors (Lipinski definition) is 0. The van der Waals surface area contributed by atoms with Crippen LogP contribution >= 0.6 is 0 Å². The molecule has 1 saturated carbocycles. The van der Waals surface area contributed by atoms with Crippen molar-refractivity contribution >= 4 is 5.91 Å². The third-order valence-corrected chi connectivity index (χ3v) is 4.54. The molecule has 2 atom stereocenters. The standard InChI is InChI=1S/C15H25N5O2/c1-15(2,3)14-16-17-18-20(14)10-13(21)19-8-9-22-12-7-5-4-6-11(12)19/h11-12H,4-10H2,1-3H3. The van der Waals surface area contributed by atoms with E-state index in [1.54, 1.807) is 4.68 Å². The Morgan fingerprint density at radius 1 is 1.32 bits per heavy atom. The summed E-state index contributed by atoms with van der Waals surface area (Å²) in [5.74, 6) is 0.840. The summed E-state index contributed by atoms with van der Waals surface area (Å²) < 4.78 is 7.47. The Hall–Kier alpha value is -1.50. The molecule has 0 N–H and O–H groups in total. The largest absolute Gasteiger partial charge is 0.374 e. The van der Waals surface area contributed by atoms with Crippen LogP contribution in [0.2, 0.25) is 0 Å². The zero-order chi connectivity index (χ0) is 15.7. The molecule has 1 amide bonds. The highest BCUT2D eigenvalue weighted by Crippen LogP contribution is 2.28. The number of tetrazole rings is 1. The van der Waals surface area contributed by atoms with Gasteiger partial charge in [0.25, 0.3) is 0 Å². The molecule has 1 saturated heterocycles. The van der Waals surface area contributed by atoms with Gasteiger partial charge in [0, 0.05) is 12.0 Å². The average molecular weight is 307 g/mol. The van der Waals surface area contributed by atoms with E-state index < -0.39 is 0 Å². The number of carbonyl (C=O) groups excluding carboxylic acids is 1. The molecular weight excluding hydrogens is 282 g/mol. The van der Waals surface area contributed by atoms with Crippen LogP contribution in [0, 0.1) is 0 Å². The molecule has 2 heterocycles. The molecule has 7 heteroatoms.